The van der Waals surface area contributed by atoms with Gasteiger partial charge in [0.15, 0.2) is 0 Å². The van der Waals surface area contributed by atoms with Gasteiger partial charge in [-0.1, -0.05) is 38.1 Å². The first kappa shape index (κ1) is 23.2. The molecule has 1 unspecified atom stereocenters. The zero-order chi connectivity index (χ0) is 22.3. The van der Waals surface area contributed by atoms with Crippen molar-refractivity contribution in [3.05, 3.63) is 77.9 Å². The van der Waals surface area contributed by atoms with Crippen LogP contribution in [0.2, 0.25) is 0 Å². The van der Waals surface area contributed by atoms with Crippen molar-refractivity contribution in [3.63, 3.8) is 0 Å². The predicted molar refractivity (Wildman–Crippen MR) is 124 cm³/mol. The Balaban J connectivity index is 1.61. The summed E-state index contributed by atoms with van der Waals surface area (Å²) in [7, 11) is 0. The second-order valence-electron chi connectivity index (χ2n) is 8.24. The Bertz CT molecular complexity index is 940. The molecular formula is C25H31ClN2O3. The standard InChI is InChI=1S/C25H31ClN2O3/c1-19-15-21(7-10-24(19)30-14-4-11-26)25(2,3)20-5-8-23(9-6-20)31-17-22(29)16-28-13-12-27-18-28/h5-10,12-13,15,18,22,29H,4,11,14,16-17H2,1-3H3. The van der Waals surface area contributed by atoms with E-state index in [1.54, 1.807) is 12.5 Å². The van der Waals surface area contributed by atoms with Crippen molar-refractivity contribution in [2.45, 2.75) is 45.3 Å². The minimum atomic E-state index is -0.599. The van der Waals surface area contributed by atoms with Crippen LogP contribution in [0.3, 0.4) is 0 Å². The molecule has 0 saturated heterocycles. The van der Waals surface area contributed by atoms with Gasteiger partial charge >= 0.3 is 0 Å². The molecule has 5 nitrogen and oxygen atoms in total. The molecule has 1 heterocycles. The van der Waals surface area contributed by atoms with E-state index in [1.807, 2.05) is 29.0 Å². The Labute approximate surface area is 189 Å². The Morgan fingerprint density at radius 1 is 1.10 bits per heavy atom. The number of hydrogen-bond acceptors (Lipinski definition) is 4. The third-order valence-electron chi connectivity index (χ3n) is 5.43. The van der Waals surface area contributed by atoms with Gasteiger partial charge in [-0.25, -0.2) is 4.98 Å². The molecule has 166 valence electrons. The number of rotatable bonds is 11. The molecule has 3 aromatic rings. The van der Waals surface area contributed by atoms with Crippen molar-refractivity contribution >= 4 is 11.6 Å². The molecule has 0 bridgehead atoms. The fraction of sp³-hybridized carbons (Fsp3) is 0.400. The number of halogens is 1. The molecule has 0 radical (unpaired) electrons. The molecule has 0 aliphatic heterocycles. The summed E-state index contributed by atoms with van der Waals surface area (Å²) in [4.78, 5) is 3.98. The molecule has 0 fully saturated rings. The molecule has 31 heavy (non-hydrogen) atoms. The van der Waals surface area contributed by atoms with Crippen LogP contribution in [-0.2, 0) is 12.0 Å². The van der Waals surface area contributed by atoms with Crippen LogP contribution in [0.25, 0.3) is 0 Å². The van der Waals surface area contributed by atoms with Crippen molar-refractivity contribution in [1.29, 1.82) is 0 Å². The molecule has 2 aromatic carbocycles. The summed E-state index contributed by atoms with van der Waals surface area (Å²) in [5.74, 6) is 2.25. The summed E-state index contributed by atoms with van der Waals surface area (Å²) in [6, 6.07) is 14.4. The number of hydrogen-bond donors (Lipinski definition) is 1. The fourth-order valence-corrected chi connectivity index (χ4v) is 3.56. The van der Waals surface area contributed by atoms with Gasteiger partial charge in [0.2, 0.25) is 0 Å². The lowest BCUT2D eigenvalue weighted by molar-refractivity contribution is 0.0924. The van der Waals surface area contributed by atoms with Crippen molar-refractivity contribution in [1.82, 2.24) is 9.55 Å². The maximum atomic E-state index is 10.1. The smallest absolute Gasteiger partial charge is 0.122 e. The van der Waals surface area contributed by atoms with Crippen LogP contribution in [0.5, 0.6) is 11.5 Å². The number of aromatic nitrogens is 2. The van der Waals surface area contributed by atoms with Gasteiger partial charge in [-0.3, -0.25) is 0 Å². The van der Waals surface area contributed by atoms with Crippen molar-refractivity contribution in [2.75, 3.05) is 19.1 Å². The van der Waals surface area contributed by atoms with E-state index in [9.17, 15) is 5.11 Å². The lowest BCUT2D eigenvalue weighted by Crippen LogP contribution is -2.23. The van der Waals surface area contributed by atoms with Crippen LogP contribution in [0.1, 0.15) is 37.0 Å². The van der Waals surface area contributed by atoms with E-state index in [4.69, 9.17) is 21.1 Å². The van der Waals surface area contributed by atoms with E-state index in [2.05, 4.69) is 50.0 Å². The highest BCUT2D eigenvalue weighted by molar-refractivity contribution is 6.17. The van der Waals surface area contributed by atoms with Crippen molar-refractivity contribution < 1.29 is 14.6 Å². The van der Waals surface area contributed by atoms with Gasteiger partial charge in [0.1, 0.15) is 24.2 Å². The number of benzene rings is 2. The highest BCUT2D eigenvalue weighted by Gasteiger charge is 2.24. The quantitative estimate of drug-likeness (QED) is 0.336. The number of ether oxygens (including phenoxy) is 2. The van der Waals surface area contributed by atoms with Gasteiger partial charge in [-0.15, -0.1) is 11.6 Å². The van der Waals surface area contributed by atoms with Crippen molar-refractivity contribution in [3.8, 4) is 11.5 Å². The van der Waals surface area contributed by atoms with Gasteiger partial charge in [0.05, 0.1) is 19.5 Å². The first-order chi connectivity index (χ1) is 14.9. The minimum Gasteiger partial charge on any atom is -0.493 e. The fourth-order valence-electron chi connectivity index (χ4n) is 3.45. The van der Waals surface area contributed by atoms with Gasteiger partial charge < -0.3 is 19.1 Å². The second kappa shape index (κ2) is 10.7. The maximum Gasteiger partial charge on any atom is 0.122 e. The number of aliphatic hydroxyl groups excluding tert-OH is 1. The molecule has 0 aliphatic rings. The average Bonchev–Trinajstić information content (AvgIpc) is 3.26. The van der Waals surface area contributed by atoms with E-state index in [0.29, 0.717) is 19.0 Å². The molecular weight excluding hydrogens is 412 g/mol. The first-order valence-corrected chi connectivity index (χ1v) is 11.1. The molecule has 0 amide bonds. The molecule has 1 aromatic heterocycles. The van der Waals surface area contributed by atoms with E-state index in [1.165, 1.54) is 11.1 Å². The third kappa shape index (κ3) is 6.25. The summed E-state index contributed by atoms with van der Waals surface area (Å²) >= 11 is 5.73. The van der Waals surface area contributed by atoms with Crippen LogP contribution in [0.4, 0.5) is 0 Å². The van der Waals surface area contributed by atoms with Crippen molar-refractivity contribution in [2.24, 2.45) is 0 Å². The third-order valence-corrected chi connectivity index (χ3v) is 5.70. The average molecular weight is 443 g/mol. The highest BCUT2D eigenvalue weighted by Crippen LogP contribution is 2.34. The van der Waals surface area contributed by atoms with E-state index in [0.717, 1.165) is 23.5 Å². The number of nitrogens with zero attached hydrogens (tertiary/aromatic N) is 2. The van der Waals surface area contributed by atoms with Crippen LogP contribution in [0, 0.1) is 6.92 Å². The summed E-state index contributed by atoms with van der Waals surface area (Å²) in [5, 5.41) is 10.1. The minimum absolute atomic E-state index is 0.168. The summed E-state index contributed by atoms with van der Waals surface area (Å²) in [6.07, 6.45) is 5.43. The molecule has 0 aliphatic carbocycles. The predicted octanol–water partition coefficient (Wildman–Crippen LogP) is 4.97. The Morgan fingerprint density at radius 3 is 2.48 bits per heavy atom. The molecule has 1 atom stereocenters. The first-order valence-electron chi connectivity index (χ1n) is 10.6. The highest BCUT2D eigenvalue weighted by atomic mass is 35.5. The molecule has 1 N–H and O–H groups in total. The SMILES string of the molecule is Cc1cc(C(C)(C)c2ccc(OCC(O)Cn3ccnc3)cc2)ccc1OCCCCl. The van der Waals surface area contributed by atoms with Gasteiger partial charge in [0, 0.05) is 23.7 Å². The maximum absolute atomic E-state index is 10.1. The van der Waals surface area contributed by atoms with Gasteiger partial charge in [0.25, 0.3) is 0 Å². The van der Waals surface area contributed by atoms with Crippen LogP contribution in [0.15, 0.2) is 61.2 Å². The number of aryl methyl sites for hydroxylation is 1. The van der Waals surface area contributed by atoms with Crippen LogP contribution < -0.4 is 9.47 Å². The van der Waals surface area contributed by atoms with E-state index in [-0.39, 0.29) is 12.0 Å². The van der Waals surface area contributed by atoms with Crippen LogP contribution >= 0.6 is 11.6 Å². The van der Waals surface area contributed by atoms with Crippen LogP contribution in [-0.4, -0.2) is 39.9 Å². The molecule has 3 rings (SSSR count). The molecule has 6 heteroatoms. The van der Waals surface area contributed by atoms with Gasteiger partial charge in [-0.05, 0) is 48.2 Å². The topological polar surface area (TPSA) is 56.5 Å². The summed E-state index contributed by atoms with van der Waals surface area (Å²) in [5.41, 5.74) is 3.36. The normalized spacial score (nSPS) is 12.5. The largest absolute Gasteiger partial charge is 0.493 e. The monoisotopic (exact) mass is 442 g/mol. The Hall–Kier alpha value is -2.50. The van der Waals surface area contributed by atoms with Gasteiger partial charge in [-0.2, -0.15) is 0 Å². The number of imidazole rings is 1. The molecule has 0 spiro atoms. The second-order valence-corrected chi connectivity index (χ2v) is 8.62. The number of aliphatic hydroxyl groups is 1. The Kier molecular flexibility index (Phi) is 7.99. The lowest BCUT2D eigenvalue weighted by Gasteiger charge is -2.27. The van der Waals surface area contributed by atoms with E-state index >= 15 is 0 Å². The lowest BCUT2D eigenvalue weighted by atomic mass is 9.77. The summed E-state index contributed by atoms with van der Waals surface area (Å²) in [6.45, 7) is 7.80. The zero-order valence-electron chi connectivity index (χ0n) is 18.4. The Morgan fingerprint density at radius 2 is 1.84 bits per heavy atom. The molecule has 0 saturated carbocycles. The zero-order valence-corrected chi connectivity index (χ0v) is 19.2. The summed E-state index contributed by atoms with van der Waals surface area (Å²) < 4.78 is 13.4. The number of alkyl halides is 1. The van der Waals surface area contributed by atoms with E-state index < -0.39 is 6.10 Å².